The average Bonchev–Trinajstić information content (AvgIpc) is 3.24. The lowest BCUT2D eigenvalue weighted by atomic mass is 9.77. The zero-order valence-corrected chi connectivity index (χ0v) is 23.0. The minimum Gasteiger partial charge on any atom is -0.456 e. The van der Waals surface area contributed by atoms with Gasteiger partial charge in [0.15, 0.2) is 5.60 Å². The Morgan fingerprint density at radius 2 is 1.62 bits per heavy atom. The van der Waals surface area contributed by atoms with E-state index in [9.17, 15) is 4.79 Å². The predicted molar refractivity (Wildman–Crippen MR) is 157 cm³/mol. The van der Waals surface area contributed by atoms with Crippen molar-refractivity contribution >= 4 is 23.0 Å². The summed E-state index contributed by atoms with van der Waals surface area (Å²) in [6, 6.07) is 28.1. The highest BCUT2D eigenvalue weighted by molar-refractivity contribution is 5.97. The standard InChI is InChI=1S/C34H34N2O3/c1-5-36(19-18-22(2)3)25-16-14-23(4)30(21-25)35-24-15-17-32-29(20-24)34(28-12-8-9-13-31(28)38-32)27-11-7-6-10-26(27)33(37)39-34/h6-17,20-22,35H,5,18-19H2,1-4H3. The summed E-state index contributed by atoms with van der Waals surface area (Å²) in [7, 11) is 0. The second kappa shape index (κ2) is 9.81. The van der Waals surface area contributed by atoms with Gasteiger partial charge in [0.1, 0.15) is 11.5 Å². The molecule has 0 fully saturated rings. The highest BCUT2D eigenvalue weighted by Gasteiger charge is 2.53. The molecule has 0 bridgehead atoms. The first kappa shape index (κ1) is 25.1. The third-order valence-corrected chi connectivity index (χ3v) is 7.84. The van der Waals surface area contributed by atoms with E-state index >= 15 is 0 Å². The molecule has 0 aromatic heterocycles. The lowest BCUT2D eigenvalue weighted by molar-refractivity contribution is 0.0224. The van der Waals surface area contributed by atoms with Crippen LogP contribution >= 0.6 is 0 Å². The molecular formula is C34H34N2O3. The molecule has 198 valence electrons. The van der Waals surface area contributed by atoms with E-state index in [1.165, 1.54) is 5.69 Å². The van der Waals surface area contributed by atoms with E-state index in [4.69, 9.17) is 9.47 Å². The van der Waals surface area contributed by atoms with Crippen molar-refractivity contribution in [1.29, 1.82) is 0 Å². The van der Waals surface area contributed by atoms with Gasteiger partial charge in [0.05, 0.1) is 5.56 Å². The number of benzene rings is 4. The van der Waals surface area contributed by atoms with Gasteiger partial charge >= 0.3 is 5.97 Å². The summed E-state index contributed by atoms with van der Waals surface area (Å²) in [5.74, 6) is 1.71. The lowest BCUT2D eigenvalue weighted by Crippen LogP contribution is -2.33. The number of aryl methyl sites for hydroxylation is 1. The minimum atomic E-state index is -1.07. The van der Waals surface area contributed by atoms with Gasteiger partial charge < -0.3 is 19.7 Å². The maximum atomic E-state index is 13.1. The Labute approximate surface area is 230 Å². The Morgan fingerprint density at radius 3 is 2.41 bits per heavy atom. The molecule has 1 spiro atoms. The number of carbonyl (C=O) groups excluding carboxylic acids is 1. The first-order valence-corrected chi connectivity index (χ1v) is 13.8. The van der Waals surface area contributed by atoms with Gasteiger partial charge in [-0.15, -0.1) is 0 Å². The van der Waals surface area contributed by atoms with Gasteiger partial charge in [-0.2, -0.15) is 0 Å². The highest BCUT2D eigenvalue weighted by Crippen LogP contribution is 2.56. The van der Waals surface area contributed by atoms with Gasteiger partial charge in [-0.3, -0.25) is 0 Å². The fourth-order valence-electron chi connectivity index (χ4n) is 5.68. The van der Waals surface area contributed by atoms with Crippen molar-refractivity contribution in [2.24, 2.45) is 5.92 Å². The summed E-state index contributed by atoms with van der Waals surface area (Å²) in [6.07, 6.45) is 1.15. The smallest absolute Gasteiger partial charge is 0.340 e. The van der Waals surface area contributed by atoms with Crippen LogP contribution in [0.3, 0.4) is 0 Å². The number of hydrogen-bond donors (Lipinski definition) is 1. The Bertz CT molecular complexity index is 1560. The molecule has 5 nitrogen and oxygen atoms in total. The van der Waals surface area contributed by atoms with Gasteiger partial charge in [-0.1, -0.05) is 56.3 Å². The highest BCUT2D eigenvalue weighted by atomic mass is 16.6. The summed E-state index contributed by atoms with van der Waals surface area (Å²) in [4.78, 5) is 15.5. The molecule has 0 radical (unpaired) electrons. The number of nitrogens with one attached hydrogen (secondary N) is 1. The molecule has 0 amide bonds. The molecule has 1 N–H and O–H groups in total. The third kappa shape index (κ3) is 4.22. The number of nitrogens with zero attached hydrogens (tertiary/aromatic N) is 1. The van der Waals surface area contributed by atoms with Gasteiger partial charge in [0.2, 0.25) is 0 Å². The van der Waals surface area contributed by atoms with Crippen LogP contribution in [0, 0.1) is 12.8 Å². The van der Waals surface area contributed by atoms with Crippen LogP contribution in [-0.4, -0.2) is 19.1 Å². The Balaban J connectivity index is 1.42. The molecule has 0 saturated carbocycles. The van der Waals surface area contributed by atoms with Gasteiger partial charge in [0, 0.05) is 46.8 Å². The van der Waals surface area contributed by atoms with Crippen LogP contribution in [-0.2, 0) is 10.3 Å². The molecule has 5 heteroatoms. The largest absolute Gasteiger partial charge is 0.456 e. The summed E-state index contributed by atoms with van der Waals surface area (Å²) in [5, 5.41) is 3.65. The molecule has 2 aliphatic rings. The number of para-hydroxylation sites is 1. The Morgan fingerprint density at radius 1 is 0.872 bits per heavy atom. The van der Waals surface area contributed by atoms with Crippen LogP contribution in [0.1, 0.15) is 59.8 Å². The van der Waals surface area contributed by atoms with Crippen molar-refractivity contribution in [1.82, 2.24) is 0 Å². The molecule has 2 aliphatic heterocycles. The van der Waals surface area contributed by atoms with Crippen LogP contribution in [0.4, 0.5) is 17.1 Å². The molecule has 4 aromatic carbocycles. The van der Waals surface area contributed by atoms with E-state index in [1.807, 2.05) is 60.7 Å². The molecule has 39 heavy (non-hydrogen) atoms. The van der Waals surface area contributed by atoms with Crippen molar-refractivity contribution in [2.45, 2.75) is 39.7 Å². The van der Waals surface area contributed by atoms with Crippen LogP contribution < -0.4 is 15.0 Å². The van der Waals surface area contributed by atoms with Gasteiger partial charge in [0.25, 0.3) is 0 Å². The second-order valence-corrected chi connectivity index (χ2v) is 10.8. The molecular weight excluding hydrogens is 484 g/mol. The number of fused-ring (bicyclic) bond motifs is 6. The maximum absolute atomic E-state index is 13.1. The van der Waals surface area contributed by atoms with Crippen molar-refractivity contribution in [3.05, 3.63) is 113 Å². The zero-order chi connectivity index (χ0) is 27.1. The normalized spacial score (nSPS) is 16.8. The lowest BCUT2D eigenvalue weighted by Gasteiger charge is -2.36. The summed E-state index contributed by atoms with van der Waals surface area (Å²) in [5.41, 5.74) is 6.31. The number of hydrogen-bond acceptors (Lipinski definition) is 5. The van der Waals surface area contributed by atoms with Crippen molar-refractivity contribution in [3.8, 4) is 11.5 Å². The third-order valence-electron chi connectivity index (χ3n) is 7.84. The molecule has 0 aliphatic carbocycles. The predicted octanol–water partition coefficient (Wildman–Crippen LogP) is 8.18. The Kier molecular flexibility index (Phi) is 6.30. The summed E-state index contributed by atoms with van der Waals surface area (Å²) < 4.78 is 12.6. The minimum absolute atomic E-state index is 0.323. The molecule has 0 saturated heterocycles. The number of esters is 1. The van der Waals surface area contributed by atoms with Crippen molar-refractivity contribution < 1.29 is 14.3 Å². The number of ether oxygens (including phenoxy) is 2. The first-order valence-electron chi connectivity index (χ1n) is 13.8. The van der Waals surface area contributed by atoms with Crippen LogP contribution in [0.5, 0.6) is 11.5 Å². The molecule has 6 rings (SSSR count). The number of anilines is 3. The van der Waals surface area contributed by atoms with Gasteiger partial charge in [-0.05, 0) is 74.2 Å². The fourth-order valence-corrected chi connectivity index (χ4v) is 5.68. The second-order valence-electron chi connectivity index (χ2n) is 10.8. The van der Waals surface area contributed by atoms with Crippen LogP contribution in [0.25, 0.3) is 0 Å². The van der Waals surface area contributed by atoms with Crippen LogP contribution in [0.2, 0.25) is 0 Å². The Hall–Kier alpha value is -4.25. The quantitative estimate of drug-likeness (QED) is 0.250. The van der Waals surface area contributed by atoms with Gasteiger partial charge in [-0.25, -0.2) is 4.79 Å². The maximum Gasteiger partial charge on any atom is 0.340 e. The number of carbonyl (C=O) groups is 1. The topological polar surface area (TPSA) is 50.8 Å². The van der Waals surface area contributed by atoms with E-state index in [1.54, 1.807) is 0 Å². The SMILES string of the molecule is CCN(CCC(C)C)c1ccc(C)c(Nc2ccc3c(c2)C2(OC(=O)c4ccccc42)c2ccccc2O3)c1. The summed E-state index contributed by atoms with van der Waals surface area (Å²) >= 11 is 0. The van der Waals surface area contributed by atoms with E-state index in [0.29, 0.717) is 23.0 Å². The monoisotopic (exact) mass is 518 g/mol. The number of rotatable bonds is 7. The molecule has 1 unspecified atom stereocenters. The van der Waals surface area contributed by atoms with Crippen molar-refractivity contribution in [3.63, 3.8) is 0 Å². The van der Waals surface area contributed by atoms with Crippen LogP contribution in [0.15, 0.2) is 84.9 Å². The van der Waals surface area contributed by atoms with Crippen molar-refractivity contribution in [2.75, 3.05) is 23.3 Å². The molecule has 2 heterocycles. The molecule has 4 aromatic rings. The summed E-state index contributed by atoms with van der Waals surface area (Å²) in [6.45, 7) is 10.8. The van der Waals surface area contributed by atoms with E-state index < -0.39 is 5.60 Å². The average molecular weight is 519 g/mol. The first-order chi connectivity index (χ1) is 18.9. The van der Waals surface area contributed by atoms with E-state index in [0.717, 1.165) is 53.1 Å². The fraction of sp³-hybridized carbons (Fsp3) is 0.265. The van der Waals surface area contributed by atoms with E-state index in [2.05, 4.69) is 62.2 Å². The van der Waals surface area contributed by atoms with E-state index in [-0.39, 0.29) is 5.97 Å². The molecule has 1 atom stereocenters. The zero-order valence-electron chi connectivity index (χ0n) is 23.0.